The van der Waals surface area contributed by atoms with E-state index in [0.717, 1.165) is 45.2 Å². The first kappa shape index (κ1) is 13.9. The number of rotatable bonds is 3. The quantitative estimate of drug-likeness (QED) is 0.859. The predicted molar refractivity (Wildman–Crippen MR) is 77.0 cm³/mol. The molecule has 112 valence electrons. The van der Waals surface area contributed by atoms with Gasteiger partial charge in [0.15, 0.2) is 0 Å². The summed E-state index contributed by atoms with van der Waals surface area (Å²) in [6.45, 7) is 1.55. The summed E-state index contributed by atoms with van der Waals surface area (Å²) in [4.78, 5) is 26.4. The number of carbonyl (C=O) groups excluding carboxylic acids is 2. The van der Waals surface area contributed by atoms with Crippen molar-refractivity contribution in [1.82, 2.24) is 10.2 Å². The number of nitrogens with zero attached hydrogens (tertiary/aromatic N) is 1. The molecule has 0 aromatic heterocycles. The molecule has 4 heteroatoms. The zero-order chi connectivity index (χ0) is 13.9. The molecule has 0 spiro atoms. The van der Waals surface area contributed by atoms with Crippen LogP contribution in [0.2, 0.25) is 0 Å². The minimum absolute atomic E-state index is 0.188. The second-order valence-corrected chi connectivity index (χ2v) is 6.74. The normalized spacial score (nSPS) is 28.2. The maximum absolute atomic E-state index is 12.3. The summed E-state index contributed by atoms with van der Waals surface area (Å²) in [5.74, 6) is 1.05. The third kappa shape index (κ3) is 2.99. The Kier molecular flexibility index (Phi) is 4.27. The topological polar surface area (TPSA) is 49.4 Å². The van der Waals surface area contributed by atoms with Crippen molar-refractivity contribution in [3.05, 3.63) is 0 Å². The molecule has 1 atom stereocenters. The molecule has 1 saturated heterocycles. The van der Waals surface area contributed by atoms with Crippen LogP contribution in [0.4, 0.5) is 0 Å². The van der Waals surface area contributed by atoms with Gasteiger partial charge in [-0.2, -0.15) is 0 Å². The average molecular weight is 278 g/mol. The van der Waals surface area contributed by atoms with E-state index in [1.54, 1.807) is 0 Å². The van der Waals surface area contributed by atoms with Crippen molar-refractivity contribution in [2.75, 3.05) is 13.1 Å². The van der Waals surface area contributed by atoms with Gasteiger partial charge in [-0.05, 0) is 32.1 Å². The molecule has 3 aliphatic rings. The number of likely N-dealkylation sites (tertiary alicyclic amines) is 1. The Morgan fingerprint density at radius 2 is 1.45 bits per heavy atom. The fourth-order valence-electron chi connectivity index (χ4n) is 4.02. The molecule has 0 radical (unpaired) electrons. The summed E-state index contributed by atoms with van der Waals surface area (Å²) in [7, 11) is 0. The predicted octanol–water partition coefficient (Wildman–Crippen LogP) is 2.08. The third-order valence-corrected chi connectivity index (χ3v) is 5.28. The van der Waals surface area contributed by atoms with E-state index in [0.29, 0.717) is 5.91 Å². The fourth-order valence-corrected chi connectivity index (χ4v) is 4.02. The van der Waals surface area contributed by atoms with Gasteiger partial charge in [0.2, 0.25) is 11.8 Å². The van der Waals surface area contributed by atoms with Gasteiger partial charge in [0.25, 0.3) is 0 Å². The maximum Gasteiger partial charge on any atom is 0.225 e. The van der Waals surface area contributed by atoms with Crippen molar-refractivity contribution >= 4 is 11.8 Å². The highest BCUT2D eigenvalue weighted by Gasteiger charge is 2.33. The van der Waals surface area contributed by atoms with Crippen LogP contribution in [0.5, 0.6) is 0 Å². The number of hydrogen-bond acceptors (Lipinski definition) is 2. The Bertz CT molecular complexity index is 371. The molecular formula is C16H26N2O2. The Hall–Kier alpha value is -1.06. The first-order valence-corrected chi connectivity index (χ1v) is 8.33. The maximum atomic E-state index is 12.3. The summed E-state index contributed by atoms with van der Waals surface area (Å²) in [6.07, 6.45) is 9.93. The molecule has 0 aromatic rings. The molecule has 1 heterocycles. The Balaban J connectivity index is 1.46. The molecule has 0 bridgehead atoms. The highest BCUT2D eigenvalue weighted by atomic mass is 16.2. The molecule has 2 aliphatic carbocycles. The van der Waals surface area contributed by atoms with Gasteiger partial charge in [0, 0.05) is 31.0 Å². The van der Waals surface area contributed by atoms with E-state index in [9.17, 15) is 9.59 Å². The highest BCUT2D eigenvalue weighted by Crippen LogP contribution is 2.28. The molecule has 1 aliphatic heterocycles. The van der Waals surface area contributed by atoms with Crippen molar-refractivity contribution in [3.63, 3.8) is 0 Å². The minimum Gasteiger partial charge on any atom is -0.351 e. The third-order valence-electron chi connectivity index (χ3n) is 5.28. The van der Waals surface area contributed by atoms with E-state index in [2.05, 4.69) is 5.32 Å². The highest BCUT2D eigenvalue weighted by molar-refractivity contribution is 5.81. The van der Waals surface area contributed by atoms with Crippen LogP contribution in [-0.2, 0) is 9.59 Å². The summed E-state index contributed by atoms with van der Waals surface area (Å²) in [5.41, 5.74) is 0. The molecule has 1 N–H and O–H groups in total. The Morgan fingerprint density at radius 3 is 2.10 bits per heavy atom. The van der Waals surface area contributed by atoms with E-state index in [1.165, 1.54) is 25.7 Å². The molecule has 3 rings (SSSR count). The Morgan fingerprint density at radius 1 is 0.850 bits per heavy atom. The van der Waals surface area contributed by atoms with Gasteiger partial charge in [0.1, 0.15) is 0 Å². The first-order chi connectivity index (χ1) is 9.74. The standard InChI is InChI=1S/C16H26N2O2/c19-15(12-5-1-2-6-12)17-14-9-10-18(11-14)16(20)13-7-3-4-8-13/h12-14H,1-11H2,(H,17,19)/t14-/m0/s1. The number of nitrogens with one attached hydrogen (secondary N) is 1. The van der Waals surface area contributed by atoms with Gasteiger partial charge >= 0.3 is 0 Å². The second kappa shape index (κ2) is 6.15. The van der Waals surface area contributed by atoms with Crippen molar-refractivity contribution in [3.8, 4) is 0 Å². The summed E-state index contributed by atoms with van der Waals surface area (Å²) in [6, 6.07) is 0.188. The lowest BCUT2D eigenvalue weighted by Crippen LogP contribution is -2.41. The SMILES string of the molecule is O=C(N[C@H]1CCN(C(=O)C2CCCC2)C1)C1CCCC1. The van der Waals surface area contributed by atoms with Gasteiger partial charge in [-0.1, -0.05) is 25.7 Å². The smallest absolute Gasteiger partial charge is 0.225 e. The molecule has 2 amide bonds. The number of hydrogen-bond donors (Lipinski definition) is 1. The lowest BCUT2D eigenvalue weighted by molar-refractivity contribution is -0.134. The van der Waals surface area contributed by atoms with E-state index < -0.39 is 0 Å². The number of carbonyl (C=O) groups is 2. The molecule has 0 aromatic carbocycles. The second-order valence-electron chi connectivity index (χ2n) is 6.74. The van der Waals surface area contributed by atoms with Crippen molar-refractivity contribution in [2.24, 2.45) is 11.8 Å². The zero-order valence-corrected chi connectivity index (χ0v) is 12.3. The fraction of sp³-hybridized carbons (Fsp3) is 0.875. The largest absolute Gasteiger partial charge is 0.351 e. The van der Waals surface area contributed by atoms with Gasteiger partial charge < -0.3 is 10.2 Å². The monoisotopic (exact) mass is 278 g/mol. The zero-order valence-electron chi connectivity index (χ0n) is 12.3. The lowest BCUT2D eigenvalue weighted by atomic mass is 10.1. The summed E-state index contributed by atoms with van der Waals surface area (Å²) < 4.78 is 0. The van der Waals surface area contributed by atoms with Crippen LogP contribution in [0.25, 0.3) is 0 Å². The minimum atomic E-state index is 0.188. The average Bonchev–Trinajstić information content (AvgIpc) is 3.19. The van der Waals surface area contributed by atoms with Crippen LogP contribution >= 0.6 is 0 Å². The molecule has 20 heavy (non-hydrogen) atoms. The summed E-state index contributed by atoms with van der Waals surface area (Å²) >= 11 is 0. The van der Waals surface area contributed by atoms with Gasteiger partial charge in [0.05, 0.1) is 0 Å². The van der Waals surface area contributed by atoms with Crippen LogP contribution in [0.1, 0.15) is 57.8 Å². The number of amides is 2. The van der Waals surface area contributed by atoms with Crippen molar-refractivity contribution in [1.29, 1.82) is 0 Å². The van der Waals surface area contributed by atoms with E-state index >= 15 is 0 Å². The molecule has 3 fully saturated rings. The van der Waals surface area contributed by atoms with Gasteiger partial charge in [-0.25, -0.2) is 0 Å². The summed E-state index contributed by atoms with van der Waals surface area (Å²) in [5, 5.41) is 3.16. The molecule has 0 unspecified atom stereocenters. The first-order valence-electron chi connectivity index (χ1n) is 8.33. The van der Waals surface area contributed by atoms with Gasteiger partial charge in [-0.15, -0.1) is 0 Å². The van der Waals surface area contributed by atoms with E-state index in [-0.39, 0.29) is 23.8 Å². The van der Waals surface area contributed by atoms with Gasteiger partial charge in [-0.3, -0.25) is 9.59 Å². The van der Waals surface area contributed by atoms with E-state index in [4.69, 9.17) is 0 Å². The van der Waals surface area contributed by atoms with Crippen molar-refractivity contribution < 1.29 is 9.59 Å². The molecule has 2 saturated carbocycles. The van der Waals surface area contributed by atoms with Crippen LogP contribution < -0.4 is 5.32 Å². The van der Waals surface area contributed by atoms with Crippen molar-refractivity contribution in [2.45, 2.75) is 63.8 Å². The van der Waals surface area contributed by atoms with Crippen LogP contribution in [-0.4, -0.2) is 35.8 Å². The lowest BCUT2D eigenvalue weighted by Gasteiger charge is -2.21. The molecule has 4 nitrogen and oxygen atoms in total. The van der Waals surface area contributed by atoms with E-state index in [1.807, 2.05) is 4.90 Å². The Labute approximate surface area is 121 Å². The van der Waals surface area contributed by atoms with Crippen LogP contribution in [0, 0.1) is 11.8 Å². The van der Waals surface area contributed by atoms with Crippen LogP contribution in [0.15, 0.2) is 0 Å². The van der Waals surface area contributed by atoms with Crippen LogP contribution in [0.3, 0.4) is 0 Å². The molecular weight excluding hydrogens is 252 g/mol.